The highest BCUT2D eigenvalue weighted by atomic mass is 35.5. The summed E-state index contributed by atoms with van der Waals surface area (Å²) in [5.41, 5.74) is 5.10. The Balaban J connectivity index is 0.00000225. The predicted molar refractivity (Wildman–Crippen MR) is 62.4 cm³/mol. The minimum absolute atomic E-state index is 0. The lowest BCUT2D eigenvalue weighted by atomic mass is 10.3. The second kappa shape index (κ2) is 7.44. The maximum Gasteiger partial charge on any atom is 0.142 e. The molecular formula is C10H11Cl2F2NO. The van der Waals surface area contributed by atoms with Gasteiger partial charge in [-0.05, 0) is 18.2 Å². The van der Waals surface area contributed by atoms with Crippen molar-refractivity contribution in [2.24, 2.45) is 5.73 Å². The van der Waals surface area contributed by atoms with Gasteiger partial charge < -0.3 is 10.5 Å². The Labute approximate surface area is 103 Å². The first-order chi connectivity index (χ1) is 7.13. The molecule has 0 aliphatic rings. The van der Waals surface area contributed by atoms with Crippen LogP contribution in [-0.2, 0) is 0 Å². The standard InChI is InChI=1S/C10H10ClF2NO.ClH/c11-9-5-8(1-2-10(9)13)15-6-7(12)3-4-14;/h1-3,5H,4,6,14H2;1H/b7-3-;. The van der Waals surface area contributed by atoms with Crippen molar-refractivity contribution in [1.29, 1.82) is 0 Å². The molecule has 1 rings (SSSR count). The van der Waals surface area contributed by atoms with Crippen LogP contribution in [0.5, 0.6) is 5.75 Å². The minimum atomic E-state index is -0.540. The van der Waals surface area contributed by atoms with Gasteiger partial charge in [0.1, 0.15) is 24.0 Å². The molecule has 6 heteroatoms. The van der Waals surface area contributed by atoms with Crippen LogP contribution in [0.2, 0.25) is 5.02 Å². The lowest BCUT2D eigenvalue weighted by Gasteiger charge is -2.05. The fourth-order valence-corrected chi connectivity index (χ4v) is 1.08. The van der Waals surface area contributed by atoms with Crippen LogP contribution in [0.15, 0.2) is 30.1 Å². The second-order valence-electron chi connectivity index (χ2n) is 2.75. The molecule has 90 valence electrons. The third-order valence-corrected chi connectivity index (χ3v) is 1.90. The SMILES string of the molecule is Cl.NC/C=C(\F)COc1ccc(F)c(Cl)c1. The van der Waals surface area contributed by atoms with Crippen molar-refractivity contribution in [3.8, 4) is 5.75 Å². The van der Waals surface area contributed by atoms with Crippen LogP contribution in [0.1, 0.15) is 0 Å². The van der Waals surface area contributed by atoms with Crippen LogP contribution in [0, 0.1) is 5.82 Å². The third kappa shape index (κ3) is 4.79. The normalized spacial score (nSPS) is 10.9. The summed E-state index contributed by atoms with van der Waals surface area (Å²) in [6.07, 6.45) is 1.20. The Kier molecular flexibility index (Phi) is 7.05. The zero-order valence-electron chi connectivity index (χ0n) is 8.25. The minimum Gasteiger partial charge on any atom is -0.486 e. The van der Waals surface area contributed by atoms with Crippen LogP contribution in [0.3, 0.4) is 0 Å². The van der Waals surface area contributed by atoms with E-state index in [1.54, 1.807) is 0 Å². The first-order valence-corrected chi connectivity index (χ1v) is 4.63. The molecule has 0 atom stereocenters. The van der Waals surface area contributed by atoms with E-state index in [0.717, 1.165) is 6.07 Å². The van der Waals surface area contributed by atoms with Crippen molar-refractivity contribution in [2.75, 3.05) is 13.2 Å². The van der Waals surface area contributed by atoms with Crippen molar-refractivity contribution in [3.63, 3.8) is 0 Å². The predicted octanol–water partition coefficient (Wildman–Crippen LogP) is 3.09. The maximum absolute atomic E-state index is 12.8. The van der Waals surface area contributed by atoms with Gasteiger partial charge >= 0.3 is 0 Å². The van der Waals surface area contributed by atoms with Crippen LogP contribution < -0.4 is 10.5 Å². The molecule has 1 aromatic carbocycles. The molecule has 2 N–H and O–H groups in total. The largest absolute Gasteiger partial charge is 0.486 e. The Morgan fingerprint density at radius 2 is 2.19 bits per heavy atom. The van der Waals surface area contributed by atoms with Gasteiger partial charge in [-0.3, -0.25) is 0 Å². The molecule has 16 heavy (non-hydrogen) atoms. The van der Waals surface area contributed by atoms with Crippen molar-refractivity contribution in [1.82, 2.24) is 0 Å². The van der Waals surface area contributed by atoms with Crippen molar-refractivity contribution < 1.29 is 13.5 Å². The molecule has 0 spiro atoms. The molecule has 0 bridgehead atoms. The highest BCUT2D eigenvalue weighted by molar-refractivity contribution is 6.30. The van der Waals surface area contributed by atoms with E-state index in [4.69, 9.17) is 22.1 Å². The molecular weight excluding hydrogens is 259 g/mol. The molecule has 2 nitrogen and oxygen atoms in total. The number of hydrogen-bond donors (Lipinski definition) is 1. The fraction of sp³-hybridized carbons (Fsp3) is 0.200. The van der Waals surface area contributed by atoms with Gasteiger partial charge in [-0.25, -0.2) is 8.78 Å². The van der Waals surface area contributed by atoms with Crippen LogP contribution in [-0.4, -0.2) is 13.2 Å². The van der Waals surface area contributed by atoms with E-state index in [0.29, 0.717) is 5.75 Å². The van der Waals surface area contributed by atoms with E-state index in [1.165, 1.54) is 18.2 Å². The van der Waals surface area contributed by atoms with E-state index < -0.39 is 11.6 Å². The molecule has 0 unspecified atom stereocenters. The Bertz CT molecular complexity index is 372. The van der Waals surface area contributed by atoms with Crippen LogP contribution in [0.25, 0.3) is 0 Å². The quantitative estimate of drug-likeness (QED) is 0.912. The second-order valence-corrected chi connectivity index (χ2v) is 3.16. The average Bonchev–Trinajstić information content (AvgIpc) is 2.20. The molecule has 0 radical (unpaired) electrons. The lowest BCUT2D eigenvalue weighted by molar-refractivity contribution is 0.318. The van der Waals surface area contributed by atoms with Gasteiger partial charge in [0, 0.05) is 12.6 Å². The molecule has 0 amide bonds. The maximum atomic E-state index is 12.8. The van der Waals surface area contributed by atoms with Crippen molar-refractivity contribution in [3.05, 3.63) is 40.9 Å². The molecule has 0 aromatic heterocycles. The summed E-state index contributed by atoms with van der Waals surface area (Å²) in [4.78, 5) is 0. The molecule has 0 saturated carbocycles. The van der Waals surface area contributed by atoms with E-state index >= 15 is 0 Å². The highest BCUT2D eigenvalue weighted by Crippen LogP contribution is 2.21. The number of halogens is 4. The van der Waals surface area contributed by atoms with Gasteiger partial charge in [0.25, 0.3) is 0 Å². The summed E-state index contributed by atoms with van der Waals surface area (Å²) < 4.78 is 30.6. The topological polar surface area (TPSA) is 35.2 Å². The summed E-state index contributed by atoms with van der Waals surface area (Å²) in [5, 5.41) is -0.0595. The summed E-state index contributed by atoms with van der Waals surface area (Å²) in [5.74, 6) is -0.707. The van der Waals surface area contributed by atoms with E-state index in [9.17, 15) is 8.78 Å². The molecule has 0 aliphatic heterocycles. The summed E-state index contributed by atoms with van der Waals surface area (Å²) in [7, 11) is 0. The third-order valence-electron chi connectivity index (χ3n) is 1.61. The molecule has 0 heterocycles. The van der Waals surface area contributed by atoms with Gasteiger partial charge in [0.05, 0.1) is 5.02 Å². The highest BCUT2D eigenvalue weighted by Gasteiger charge is 2.02. The van der Waals surface area contributed by atoms with Gasteiger partial charge in [-0.1, -0.05) is 11.6 Å². The van der Waals surface area contributed by atoms with Gasteiger partial charge in [-0.2, -0.15) is 0 Å². The van der Waals surface area contributed by atoms with Gasteiger partial charge in [-0.15, -0.1) is 12.4 Å². The first-order valence-electron chi connectivity index (χ1n) is 4.26. The number of rotatable bonds is 4. The zero-order chi connectivity index (χ0) is 11.3. The Morgan fingerprint density at radius 1 is 1.50 bits per heavy atom. The Hall–Kier alpha value is -0.840. The van der Waals surface area contributed by atoms with E-state index in [2.05, 4.69) is 0 Å². The molecule has 1 aromatic rings. The van der Waals surface area contributed by atoms with E-state index in [-0.39, 0.29) is 30.6 Å². The van der Waals surface area contributed by atoms with Crippen LogP contribution >= 0.6 is 24.0 Å². The van der Waals surface area contributed by atoms with Gasteiger partial charge in [0.2, 0.25) is 0 Å². The van der Waals surface area contributed by atoms with Crippen LogP contribution in [0.4, 0.5) is 8.78 Å². The monoisotopic (exact) mass is 269 g/mol. The van der Waals surface area contributed by atoms with Gasteiger partial charge in [0.15, 0.2) is 0 Å². The zero-order valence-corrected chi connectivity index (χ0v) is 9.82. The number of benzene rings is 1. The number of hydrogen-bond acceptors (Lipinski definition) is 2. The number of nitrogens with two attached hydrogens (primary N) is 1. The summed E-state index contributed by atoms with van der Waals surface area (Å²) in [6, 6.07) is 3.81. The molecule has 0 saturated heterocycles. The average molecular weight is 270 g/mol. The van der Waals surface area contributed by atoms with E-state index in [1.807, 2.05) is 0 Å². The fourth-order valence-electron chi connectivity index (χ4n) is 0.906. The number of ether oxygens (including phenoxy) is 1. The lowest BCUT2D eigenvalue weighted by Crippen LogP contribution is -2.01. The molecule has 0 aliphatic carbocycles. The first kappa shape index (κ1) is 15.2. The van der Waals surface area contributed by atoms with Crippen molar-refractivity contribution in [2.45, 2.75) is 0 Å². The Morgan fingerprint density at radius 3 is 2.75 bits per heavy atom. The summed E-state index contributed by atoms with van der Waals surface area (Å²) in [6.45, 7) is -0.126. The summed E-state index contributed by atoms with van der Waals surface area (Å²) >= 11 is 5.51. The molecule has 0 fully saturated rings. The smallest absolute Gasteiger partial charge is 0.142 e. The van der Waals surface area contributed by atoms with Crippen molar-refractivity contribution >= 4 is 24.0 Å².